The first-order valence-electron chi connectivity index (χ1n) is 8.88. The predicted molar refractivity (Wildman–Crippen MR) is 92.9 cm³/mol. The van der Waals surface area contributed by atoms with Crippen molar-refractivity contribution in [1.82, 2.24) is 15.3 Å². The van der Waals surface area contributed by atoms with Crippen molar-refractivity contribution < 1.29 is 9.59 Å². The average molecular weight is 330 g/mol. The largest absolute Gasteiger partial charge is 0.345 e. The zero-order chi connectivity index (χ0) is 17.1. The van der Waals surface area contributed by atoms with Crippen molar-refractivity contribution in [2.24, 2.45) is 5.10 Å². The van der Waals surface area contributed by atoms with Crippen LogP contribution in [0.25, 0.3) is 0 Å². The maximum atomic E-state index is 11.7. The summed E-state index contributed by atoms with van der Waals surface area (Å²) in [5.74, 6) is -1.32. The molecule has 24 heavy (non-hydrogen) atoms. The molecule has 2 aliphatic rings. The average Bonchev–Trinajstić information content (AvgIpc) is 3.33. The second-order valence-corrected chi connectivity index (χ2v) is 6.94. The van der Waals surface area contributed by atoms with E-state index in [4.69, 9.17) is 0 Å². The summed E-state index contributed by atoms with van der Waals surface area (Å²) < 4.78 is 2.39. The van der Waals surface area contributed by atoms with E-state index in [1.54, 1.807) is 6.21 Å². The van der Waals surface area contributed by atoms with Gasteiger partial charge in [-0.15, -0.1) is 0 Å². The fourth-order valence-electron chi connectivity index (χ4n) is 3.52. The van der Waals surface area contributed by atoms with Crippen LogP contribution in [0.1, 0.15) is 67.9 Å². The van der Waals surface area contributed by atoms with Crippen molar-refractivity contribution in [2.45, 2.75) is 70.9 Å². The molecule has 2 aliphatic carbocycles. The van der Waals surface area contributed by atoms with E-state index >= 15 is 0 Å². The van der Waals surface area contributed by atoms with Crippen LogP contribution in [0.3, 0.4) is 0 Å². The number of hydrogen-bond donors (Lipinski definition) is 2. The van der Waals surface area contributed by atoms with Crippen molar-refractivity contribution in [3.63, 3.8) is 0 Å². The van der Waals surface area contributed by atoms with Gasteiger partial charge in [0.1, 0.15) is 0 Å². The van der Waals surface area contributed by atoms with Gasteiger partial charge in [-0.05, 0) is 45.6 Å². The van der Waals surface area contributed by atoms with Gasteiger partial charge in [-0.1, -0.05) is 19.3 Å². The number of nitrogens with zero attached hydrogens (tertiary/aromatic N) is 2. The highest BCUT2D eigenvalue weighted by molar-refractivity contribution is 6.35. The van der Waals surface area contributed by atoms with Gasteiger partial charge in [-0.2, -0.15) is 5.10 Å². The lowest BCUT2D eigenvalue weighted by Gasteiger charge is -2.26. The predicted octanol–water partition coefficient (Wildman–Crippen LogP) is 2.34. The summed E-state index contributed by atoms with van der Waals surface area (Å²) in [5, 5.41) is 6.59. The molecule has 1 aromatic heterocycles. The maximum Gasteiger partial charge on any atom is 0.329 e. The Kier molecular flexibility index (Phi) is 5.02. The van der Waals surface area contributed by atoms with E-state index in [1.165, 1.54) is 43.5 Å². The molecule has 0 unspecified atom stereocenters. The molecule has 1 aromatic rings. The summed E-state index contributed by atoms with van der Waals surface area (Å²) in [7, 11) is 0. The van der Waals surface area contributed by atoms with Crippen LogP contribution in [-0.4, -0.2) is 28.6 Å². The van der Waals surface area contributed by atoms with Crippen molar-refractivity contribution in [2.75, 3.05) is 0 Å². The van der Waals surface area contributed by atoms with E-state index in [0.717, 1.165) is 18.4 Å². The van der Waals surface area contributed by atoms with Gasteiger partial charge in [0.2, 0.25) is 0 Å². The Balaban J connectivity index is 1.62. The fraction of sp³-hybridized carbons (Fsp3) is 0.611. The van der Waals surface area contributed by atoms with Crippen LogP contribution >= 0.6 is 0 Å². The van der Waals surface area contributed by atoms with Crippen molar-refractivity contribution in [1.29, 1.82) is 0 Å². The van der Waals surface area contributed by atoms with Gasteiger partial charge in [0.25, 0.3) is 0 Å². The maximum absolute atomic E-state index is 11.7. The molecule has 6 heteroatoms. The molecule has 0 bridgehead atoms. The molecule has 2 amide bonds. The Hall–Kier alpha value is -2.11. The van der Waals surface area contributed by atoms with E-state index in [0.29, 0.717) is 6.04 Å². The second kappa shape index (κ2) is 7.20. The molecule has 0 atom stereocenters. The van der Waals surface area contributed by atoms with E-state index < -0.39 is 11.8 Å². The van der Waals surface area contributed by atoms with Crippen LogP contribution in [0.5, 0.6) is 0 Å². The standard InChI is InChI=1S/C18H26N4O2/c1-12-10-14(13(2)22(12)16-6-4-3-5-7-16)11-19-21-18(24)17(23)20-15-8-9-15/h10-11,15-16H,3-9H2,1-2H3,(H,20,23)(H,21,24)/b19-11-. The number of carbonyl (C=O) groups excluding carboxylic acids is 2. The van der Waals surface area contributed by atoms with Crippen LogP contribution in [0.4, 0.5) is 0 Å². The van der Waals surface area contributed by atoms with Gasteiger partial charge >= 0.3 is 11.8 Å². The minimum Gasteiger partial charge on any atom is -0.345 e. The van der Waals surface area contributed by atoms with Crippen molar-refractivity contribution >= 4 is 18.0 Å². The Morgan fingerprint density at radius 1 is 1.12 bits per heavy atom. The summed E-state index contributed by atoms with van der Waals surface area (Å²) in [6.45, 7) is 4.20. The third kappa shape index (κ3) is 3.86. The van der Waals surface area contributed by atoms with E-state index in [2.05, 4.69) is 40.3 Å². The number of carbonyl (C=O) groups is 2. The molecule has 0 radical (unpaired) electrons. The smallest absolute Gasteiger partial charge is 0.329 e. The summed E-state index contributed by atoms with van der Waals surface area (Å²) in [5.41, 5.74) is 5.68. The lowest BCUT2D eigenvalue weighted by atomic mass is 9.95. The minimum absolute atomic E-state index is 0.168. The normalized spacial score (nSPS) is 18.8. The quantitative estimate of drug-likeness (QED) is 0.505. The number of amides is 2. The Morgan fingerprint density at radius 3 is 2.50 bits per heavy atom. The van der Waals surface area contributed by atoms with Crippen molar-refractivity contribution in [3.05, 3.63) is 23.0 Å². The summed E-state index contributed by atoms with van der Waals surface area (Å²) in [6, 6.07) is 2.82. The van der Waals surface area contributed by atoms with Crippen LogP contribution in [-0.2, 0) is 9.59 Å². The lowest BCUT2D eigenvalue weighted by Crippen LogP contribution is -2.38. The van der Waals surface area contributed by atoms with Gasteiger partial charge in [0.05, 0.1) is 6.21 Å². The zero-order valence-electron chi connectivity index (χ0n) is 14.5. The molecular formula is C18H26N4O2. The molecule has 0 aliphatic heterocycles. The summed E-state index contributed by atoms with van der Waals surface area (Å²) >= 11 is 0. The highest BCUT2D eigenvalue weighted by Crippen LogP contribution is 2.31. The molecule has 0 aromatic carbocycles. The van der Waals surface area contributed by atoms with Gasteiger partial charge in [-0.3, -0.25) is 9.59 Å². The Morgan fingerprint density at radius 2 is 1.83 bits per heavy atom. The number of aryl methyl sites for hydroxylation is 1. The first kappa shape index (κ1) is 16.7. The third-order valence-electron chi connectivity index (χ3n) is 4.95. The van der Waals surface area contributed by atoms with E-state index in [-0.39, 0.29) is 6.04 Å². The van der Waals surface area contributed by atoms with E-state index in [1.807, 2.05) is 0 Å². The van der Waals surface area contributed by atoms with Gasteiger partial charge < -0.3 is 9.88 Å². The zero-order valence-corrected chi connectivity index (χ0v) is 14.5. The highest BCUT2D eigenvalue weighted by atomic mass is 16.2. The van der Waals surface area contributed by atoms with Crippen LogP contribution in [0.15, 0.2) is 11.2 Å². The van der Waals surface area contributed by atoms with Crippen molar-refractivity contribution in [3.8, 4) is 0 Å². The number of aromatic nitrogens is 1. The Bertz CT molecular complexity index is 652. The summed E-state index contributed by atoms with van der Waals surface area (Å²) in [4.78, 5) is 23.2. The number of hydrogen-bond acceptors (Lipinski definition) is 3. The lowest BCUT2D eigenvalue weighted by molar-refractivity contribution is -0.139. The molecule has 2 saturated carbocycles. The number of rotatable bonds is 4. The van der Waals surface area contributed by atoms with Crippen LogP contribution in [0, 0.1) is 13.8 Å². The molecule has 0 spiro atoms. The highest BCUT2D eigenvalue weighted by Gasteiger charge is 2.26. The Labute approximate surface area is 142 Å². The van der Waals surface area contributed by atoms with E-state index in [9.17, 15) is 9.59 Å². The first-order chi connectivity index (χ1) is 11.6. The first-order valence-corrected chi connectivity index (χ1v) is 8.88. The molecule has 2 N–H and O–H groups in total. The molecule has 3 rings (SSSR count). The number of nitrogens with one attached hydrogen (secondary N) is 2. The topological polar surface area (TPSA) is 75.5 Å². The van der Waals surface area contributed by atoms with Gasteiger partial charge in [0.15, 0.2) is 0 Å². The molecule has 6 nitrogen and oxygen atoms in total. The van der Waals surface area contributed by atoms with Crippen LogP contribution < -0.4 is 10.7 Å². The second-order valence-electron chi connectivity index (χ2n) is 6.94. The third-order valence-corrected chi connectivity index (χ3v) is 4.95. The summed E-state index contributed by atoms with van der Waals surface area (Å²) in [6.07, 6.45) is 9.90. The molecule has 130 valence electrons. The van der Waals surface area contributed by atoms with Crippen LogP contribution in [0.2, 0.25) is 0 Å². The fourth-order valence-corrected chi connectivity index (χ4v) is 3.52. The molecular weight excluding hydrogens is 304 g/mol. The molecule has 0 saturated heterocycles. The van der Waals surface area contributed by atoms with Gasteiger partial charge in [-0.25, -0.2) is 5.43 Å². The molecule has 1 heterocycles. The molecule has 2 fully saturated rings. The monoisotopic (exact) mass is 330 g/mol. The minimum atomic E-state index is -0.709. The van der Waals surface area contributed by atoms with Gasteiger partial charge in [0, 0.05) is 29.0 Å². The SMILES string of the molecule is Cc1cc(/C=N\NC(=O)C(=O)NC2CC2)c(C)n1C1CCCCC1. The number of hydrazone groups is 1.